The molecule has 0 aliphatic carbocycles. The van der Waals surface area contributed by atoms with Crippen LogP contribution in [0.1, 0.15) is 18.4 Å². The summed E-state index contributed by atoms with van der Waals surface area (Å²) < 4.78 is 5.05. The van der Waals surface area contributed by atoms with Crippen molar-refractivity contribution in [3.63, 3.8) is 0 Å². The van der Waals surface area contributed by atoms with Crippen LogP contribution in [-0.2, 0) is 19.7 Å². The summed E-state index contributed by atoms with van der Waals surface area (Å²) in [5.74, 6) is -0.229. The van der Waals surface area contributed by atoms with Crippen molar-refractivity contribution >= 4 is 17.9 Å². The van der Waals surface area contributed by atoms with Gasteiger partial charge >= 0.3 is 6.09 Å². The van der Waals surface area contributed by atoms with Gasteiger partial charge in [-0.05, 0) is 24.5 Å². The van der Waals surface area contributed by atoms with Crippen molar-refractivity contribution in [2.45, 2.75) is 18.3 Å². The molecule has 0 radical (unpaired) electrons. The zero-order chi connectivity index (χ0) is 19.9. The Morgan fingerprint density at radius 2 is 1.85 bits per heavy atom. The first kappa shape index (κ1) is 20.5. The highest BCUT2D eigenvalue weighted by molar-refractivity contribution is 5.90. The Morgan fingerprint density at radius 3 is 2.41 bits per heavy atom. The summed E-state index contributed by atoms with van der Waals surface area (Å²) in [5.41, 5.74) is 0.226. The minimum Gasteiger partial charge on any atom is -0.448 e. The predicted octanol–water partition coefficient (Wildman–Crippen LogP) is 1.55. The van der Waals surface area contributed by atoms with E-state index in [1.165, 1.54) is 11.0 Å². The molecule has 3 amide bonds. The van der Waals surface area contributed by atoms with Crippen LogP contribution in [-0.4, -0.2) is 68.0 Å². The van der Waals surface area contributed by atoms with Gasteiger partial charge in [-0.15, -0.1) is 0 Å². The number of likely N-dealkylation sites (tertiary alicyclic amines) is 1. The average Bonchev–Trinajstić information content (AvgIpc) is 2.70. The lowest BCUT2D eigenvalue weighted by atomic mass is 9.72. The first-order valence-electron chi connectivity index (χ1n) is 9.00. The lowest BCUT2D eigenvalue weighted by Crippen LogP contribution is -2.53. The molecule has 146 valence electrons. The normalized spacial score (nSPS) is 15.6. The third-order valence-electron chi connectivity index (χ3n) is 4.84. The monoisotopic (exact) mass is 373 g/mol. The molecule has 0 spiro atoms. The molecule has 1 aromatic carbocycles. The number of rotatable bonds is 6. The highest BCUT2D eigenvalue weighted by Crippen LogP contribution is 2.36. The van der Waals surface area contributed by atoms with E-state index in [4.69, 9.17) is 4.74 Å². The van der Waals surface area contributed by atoms with Gasteiger partial charge in [-0.25, -0.2) is 4.79 Å². The maximum absolute atomic E-state index is 13.1. The van der Waals surface area contributed by atoms with E-state index in [9.17, 15) is 14.4 Å². The molecule has 1 fully saturated rings. The van der Waals surface area contributed by atoms with Crippen molar-refractivity contribution in [1.29, 1.82) is 0 Å². The van der Waals surface area contributed by atoms with Gasteiger partial charge in [-0.2, -0.15) is 0 Å². The quantitative estimate of drug-likeness (QED) is 0.606. The van der Waals surface area contributed by atoms with Crippen LogP contribution in [0.3, 0.4) is 0 Å². The third kappa shape index (κ3) is 4.87. The number of amides is 3. The van der Waals surface area contributed by atoms with Crippen LogP contribution < -0.4 is 5.32 Å². The molecule has 0 atom stereocenters. The average molecular weight is 373 g/mol. The van der Waals surface area contributed by atoms with Crippen molar-refractivity contribution in [3.8, 4) is 0 Å². The van der Waals surface area contributed by atoms with Crippen LogP contribution in [0.4, 0.5) is 4.79 Å². The topological polar surface area (TPSA) is 79.0 Å². The van der Waals surface area contributed by atoms with Crippen molar-refractivity contribution < 1.29 is 19.1 Å². The molecular formula is C20H27N3O4. The lowest BCUT2D eigenvalue weighted by molar-refractivity contribution is -0.134. The van der Waals surface area contributed by atoms with E-state index in [1.807, 2.05) is 30.3 Å². The summed E-state index contributed by atoms with van der Waals surface area (Å²) in [4.78, 5) is 39.4. The summed E-state index contributed by atoms with van der Waals surface area (Å²) in [6.07, 6.45) is 1.91. The zero-order valence-corrected chi connectivity index (χ0v) is 15.9. The van der Waals surface area contributed by atoms with Gasteiger partial charge in [0, 0.05) is 27.2 Å². The number of hydrogen-bond acceptors (Lipinski definition) is 4. The molecule has 0 unspecified atom stereocenters. The van der Waals surface area contributed by atoms with Crippen molar-refractivity contribution in [3.05, 3.63) is 48.6 Å². The molecule has 1 saturated heterocycles. The Morgan fingerprint density at radius 1 is 1.22 bits per heavy atom. The van der Waals surface area contributed by atoms with E-state index in [2.05, 4.69) is 11.9 Å². The van der Waals surface area contributed by atoms with Gasteiger partial charge in [-0.1, -0.05) is 36.9 Å². The van der Waals surface area contributed by atoms with Crippen molar-refractivity contribution in [2.75, 3.05) is 40.3 Å². The Hall–Kier alpha value is -2.83. The van der Waals surface area contributed by atoms with Crippen LogP contribution in [0, 0.1) is 0 Å². The van der Waals surface area contributed by atoms with Crippen molar-refractivity contribution in [2.24, 2.45) is 0 Å². The molecule has 7 heteroatoms. The number of carbonyl (C=O) groups excluding carboxylic acids is 3. The summed E-state index contributed by atoms with van der Waals surface area (Å²) >= 11 is 0. The van der Waals surface area contributed by atoms with Gasteiger partial charge in [0.2, 0.25) is 11.8 Å². The number of piperidine rings is 1. The second-order valence-corrected chi connectivity index (χ2v) is 6.74. The molecule has 1 aliphatic heterocycles. The molecule has 1 aromatic rings. The standard InChI is InChI=1S/C20H27N3O4/c1-4-17(24)23-13-10-20(11-14-23,16-8-6-5-7-9-16)18(25)21-12-15-27-19(26)22(2)3/h4-9H,1,10-15H2,2-3H3,(H,21,25). The van der Waals surface area contributed by atoms with Gasteiger partial charge in [-0.3, -0.25) is 9.59 Å². The molecule has 1 aliphatic rings. The summed E-state index contributed by atoms with van der Waals surface area (Å²) in [6, 6.07) is 9.61. The minimum absolute atomic E-state index is 0.106. The second kappa shape index (κ2) is 9.21. The highest BCUT2D eigenvalue weighted by atomic mass is 16.6. The predicted molar refractivity (Wildman–Crippen MR) is 102 cm³/mol. The first-order chi connectivity index (χ1) is 12.9. The minimum atomic E-state index is -0.704. The maximum atomic E-state index is 13.1. The van der Waals surface area contributed by atoms with Crippen LogP contribution in [0.5, 0.6) is 0 Å². The third-order valence-corrected chi connectivity index (χ3v) is 4.84. The van der Waals surface area contributed by atoms with Crippen LogP contribution in [0.25, 0.3) is 0 Å². The summed E-state index contributed by atoms with van der Waals surface area (Å²) in [5, 5.41) is 2.89. The number of benzene rings is 1. The molecule has 0 bridgehead atoms. The van der Waals surface area contributed by atoms with E-state index < -0.39 is 11.5 Å². The van der Waals surface area contributed by atoms with E-state index >= 15 is 0 Å². The number of ether oxygens (including phenoxy) is 1. The van der Waals surface area contributed by atoms with Crippen LogP contribution in [0.2, 0.25) is 0 Å². The highest BCUT2D eigenvalue weighted by Gasteiger charge is 2.43. The summed E-state index contributed by atoms with van der Waals surface area (Å²) in [6.45, 7) is 4.85. The van der Waals surface area contributed by atoms with E-state index in [0.29, 0.717) is 25.9 Å². The molecule has 1 N–H and O–H groups in total. The maximum Gasteiger partial charge on any atom is 0.409 e. The SMILES string of the molecule is C=CC(=O)N1CCC(C(=O)NCCOC(=O)N(C)C)(c2ccccc2)CC1. The van der Waals surface area contributed by atoms with E-state index in [-0.39, 0.29) is 25.0 Å². The second-order valence-electron chi connectivity index (χ2n) is 6.74. The number of nitrogens with zero attached hydrogens (tertiary/aromatic N) is 2. The number of hydrogen-bond donors (Lipinski definition) is 1. The van der Waals surface area contributed by atoms with E-state index in [0.717, 1.165) is 5.56 Å². The fourth-order valence-corrected chi connectivity index (χ4v) is 3.24. The number of carbonyl (C=O) groups is 3. The molecule has 27 heavy (non-hydrogen) atoms. The zero-order valence-electron chi connectivity index (χ0n) is 15.9. The van der Waals surface area contributed by atoms with Gasteiger partial charge in [0.25, 0.3) is 0 Å². The lowest BCUT2D eigenvalue weighted by Gasteiger charge is -2.40. The van der Waals surface area contributed by atoms with Crippen LogP contribution >= 0.6 is 0 Å². The van der Waals surface area contributed by atoms with Gasteiger partial charge < -0.3 is 19.9 Å². The fourth-order valence-electron chi connectivity index (χ4n) is 3.24. The molecule has 0 aromatic heterocycles. The van der Waals surface area contributed by atoms with Gasteiger partial charge in [0.15, 0.2) is 0 Å². The van der Waals surface area contributed by atoms with Crippen LogP contribution in [0.15, 0.2) is 43.0 Å². The molecule has 2 rings (SSSR count). The van der Waals surface area contributed by atoms with Gasteiger partial charge in [0.05, 0.1) is 12.0 Å². The Labute approximate surface area is 160 Å². The number of nitrogens with one attached hydrogen (secondary N) is 1. The smallest absolute Gasteiger partial charge is 0.409 e. The largest absolute Gasteiger partial charge is 0.448 e. The first-order valence-corrected chi connectivity index (χ1v) is 9.00. The molecule has 0 saturated carbocycles. The fraction of sp³-hybridized carbons (Fsp3) is 0.450. The Balaban J connectivity index is 2.06. The molecule has 1 heterocycles. The Bertz CT molecular complexity index is 680. The molecule has 7 nitrogen and oxygen atoms in total. The Kier molecular flexibility index (Phi) is 6.98. The van der Waals surface area contributed by atoms with Crippen molar-refractivity contribution in [1.82, 2.24) is 15.1 Å². The van der Waals surface area contributed by atoms with Gasteiger partial charge in [0.1, 0.15) is 6.61 Å². The molecular weight excluding hydrogens is 346 g/mol. The van der Waals surface area contributed by atoms with E-state index in [1.54, 1.807) is 19.0 Å². The summed E-state index contributed by atoms with van der Waals surface area (Å²) in [7, 11) is 3.20.